The minimum atomic E-state index is -1.78. The summed E-state index contributed by atoms with van der Waals surface area (Å²) in [6, 6.07) is -0.820. The largest absolute Gasteiger partial charge is 0.394 e. The minimum Gasteiger partial charge on any atom is -0.394 e. The van der Waals surface area contributed by atoms with Gasteiger partial charge < -0.3 is 65.1 Å². The molecule has 2 rings (SSSR count). The van der Waals surface area contributed by atoms with Crippen molar-refractivity contribution in [2.24, 2.45) is 0 Å². The monoisotopic (exact) mass is 906 g/mol. The van der Waals surface area contributed by atoms with Gasteiger partial charge >= 0.3 is 0 Å². The van der Waals surface area contributed by atoms with Crippen LogP contribution in [0.2, 0.25) is 0 Å². The van der Waals surface area contributed by atoms with Crippen molar-refractivity contribution >= 4 is 5.91 Å². The Kier molecular flexibility index (Phi) is 34.2. The Morgan fingerprint density at radius 3 is 1.35 bits per heavy atom. The van der Waals surface area contributed by atoms with Crippen LogP contribution in [0.4, 0.5) is 0 Å². The summed E-state index contributed by atoms with van der Waals surface area (Å²) in [6.45, 7) is 2.86. The summed E-state index contributed by atoms with van der Waals surface area (Å²) in [5.74, 6) is -0.204. The molecule has 12 atom stereocenters. The van der Waals surface area contributed by atoms with Gasteiger partial charge in [0.15, 0.2) is 12.6 Å². The molecule has 374 valence electrons. The number of carbonyl (C=O) groups excluding carboxylic acids is 1. The zero-order valence-electron chi connectivity index (χ0n) is 39.6. The van der Waals surface area contributed by atoms with Gasteiger partial charge in [0.2, 0.25) is 5.91 Å². The summed E-state index contributed by atoms with van der Waals surface area (Å²) in [5, 5.41) is 86.8. The van der Waals surface area contributed by atoms with Crippen LogP contribution in [0.5, 0.6) is 0 Å². The summed E-state index contributed by atoms with van der Waals surface area (Å²) in [7, 11) is 0. The van der Waals surface area contributed by atoms with Gasteiger partial charge in [-0.1, -0.05) is 194 Å². The highest BCUT2D eigenvalue weighted by atomic mass is 16.7. The third-order valence-electron chi connectivity index (χ3n) is 13.1. The maximum absolute atomic E-state index is 13.2. The van der Waals surface area contributed by atoms with E-state index in [0.717, 1.165) is 51.4 Å². The third-order valence-corrected chi connectivity index (χ3v) is 13.1. The number of hydrogen-bond acceptors (Lipinski definition) is 13. The third kappa shape index (κ3) is 24.5. The fourth-order valence-electron chi connectivity index (χ4n) is 8.83. The molecule has 0 aromatic heterocycles. The molecule has 2 aliphatic rings. The molecule has 0 spiro atoms. The second-order valence-electron chi connectivity index (χ2n) is 18.7. The van der Waals surface area contributed by atoms with E-state index in [1.54, 1.807) is 0 Å². The summed E-state index contributed by atoms with van der Waals surface area (Å²) < 4.78 is 22.7. The maximum Gasteiger partial charge on any atom is 0.220 e. The summed E-state index contributed by atoms with van der Waals surface area (Å²) >= 11 is 0. The predicted octanol–water partition coefficient (Wildman–Crippen LogP) is 6.61. The van der Waals surface area contributed by atoms with Gasteiger partial charge in [-0.2, -0.15) is 0 Å². The zero-order valence-corrected chi connectivity index (χ0v) is 39.6. The number of carbonyl (C=O) groups is 1. The Morgan fingerprint density at radius 2 is 0.905 bits per heavy atom. The highest BCUT2D eigenvalue weighted by Gasteiger charge is 2.51. The molecule has 2 saturated heterocycles. The van der Waals surface area contributed by atoms with Gasteiger partial charge in [0.1, 0.15) is 48.8 Å². The molecule has 0 radical (unpaired) electrons. The number of nitrogens with one attached hydrogen (secondary N) is 1. The molecule has 12 unspecified atom stereocenters. The number of rotatable bonds is 40. The number of amides is 1. The Bertz CT molecular complexity index is 1070. The van der Waals surface area contributed by atoms with Crippen molar-refractivity contribution in [1.29, 1.82) is 0 Å². The molecular weight excluding hydrogens is 811 g/mol. The molecule has 0 aliphatic carbocycles. The quantitative estimate of drug-likeness (QED) is 0.0296. The minimum absolute atomic E-state index is 0.204. The van der Waals surface area contributed by atoms with E-state index in [0.29, 0.717) is 12.8 Å². The summed E-state index contributed by atoms with van der Waals surface area (Å²) in [6.07, 6.45) is 19.6. The van der Waals surface area contributed by atoms with Crippen LogP contribution >= 0.6 is 0 Å². The van der Waals surface area contributed by atoms with Crippen molar-refractivity contribution in [2.45, 2.75) is 286 Å². The topological polar surface area (TPSA) is 228 Å². The van der Waals surface area contributed by atoms with E-state index in [9.17, 15) is 45.6 Å². The van der Waals surface area contributed by atoms with Gasteiger partial charge in [0.25, 0.3) is 0 Å². The molecule has 2 heterocycles. The van der Waals surface area contributed by atoms with Gasteiger partial charge in [-0.25, -0.2) is 0 Å². The van der Waals surface area contributed by atoms with Gasteiger partial charge in [0.05, 0.1) is 32.0 Å². The van der Waals surface area contributed by atoms with E-state index in [-0.39, 0.29) is 12.5 Å². The predicted molar refractivity (Wildman–Crippen MR) is 245 cm³/mol. The van der Waals surface area contributed by atoms with E-state index in [2.05, 4.69) is 19.2 Å². The first-order chi connectivity index (χ1) is 30.6. The highest BCUT2D eigenvalue weighted by Crippen LogP contribution is 2.30. The molecule has 0 bridgehead atoms. The molecular formula is C49H95NO13. The molecule has 2 fully saturated rings. The number of aliphatic hydroxyl groups excluding tert-OH is 8. The maximum atomic E-state index is 13.2. The molecule has 9 N–H and O–H groups in total. The standard InChI is InChI=1S/C49H95NO13/c1-3-5-7-9-11-13-15-17-18-19-20-21-23-25-27-29-31-33-41(54)50-37(38(53)32-30-28-26-24-22-16-14-12-10-8-6-4-2)36-60-48-46(59)44(57)47(40(35-52)62-48)63-49-45(58)43(56)42(55)39(34-51)61-49/h37-40,42-49,51-53,55-59H,3-36H2,1-2H3,(H,50,54). The second kappa shape index (κ2) is 37.0. The molecule has 1 amide bonds. The van der Waals surface area contributed by atoms with Crippen molar-refractivity contribution in [1.82, 2.24) is 5.32 Å². The molecule has 63 heavy (non-hydrogen) atoms. The lowest BCUT2D eigenvalue weighted by atomic mass is 9.97. The van der Waals surface area contributed by atoms with Crippen molar-refractivity contribution < 1.29 is 64.6 Å². The molecule has 2 aliphatic heterocycles. The van der Waals surface area contributed by atoms with Crippen LogP contribution in [0.3, 0.4) is 0 Å². The number of ether oxygens (including phenoxy) is 4. The van der Waals surface area contributed by atoms with Gasteiger partial charge in [-0.3, -0.25) is 4.79 Å². The summed E-state index contributed by atoms with van der Waals surface area (Å²) in [4.78, 5) is 13.2. The zero-order chi connectivity index (χ0) is 46.1. The first-order valence-corrected chi connectivity index (χ1v) is 25.8. The SMILES string of the molecule is CCCCCCCCCCCCCCCCCCCC(=O)NC(COC1OC(CO)C(OC2OC(CO)C(O)C(O)C2O)C(O)C1O)C(O)CCCCCCCCCCCCCC. The van der Waals surface area contributed by atoms with Gasteiger partial charge in [-0.05, 0) is 12.8 Å². The average molecular weight is 906 g/mol. The highest BCUT2D eigenvalue weighted by molar-refractivity contribution is 5.76. The lowest BCUT2D eigenvalue weighted by Gasteiger charge is -2.46. The van der Waals surface area contributed by atoms with Crippen molar-refractivity contribution in [3.63, 3.8) is 0 Å². The Morgan fingerprint density at radius 1 is 0.508 bits per heavy atom. The summed E-state index contributed by atoms with van der Waals surface area (Å²) in [5.41, 5.74) is 0. The van der Waals surface area contributed by atoms with Crippen LogP contribution in [0.25, 0.3) is 0 Å². The molecule has 14 heteroatoms. The van der Waals surface area contributed by atoms with E-state index in [1.807, 2.05) is 0 Å². The Balaban J connectivity index is 1.81. The second-order valence-corrected chi connectivity index (χ2v) is 18.7. The normalized spacial score (nSPS) is 27.4. The van der Waals surface area contributed by atoms with Crippen LogP contribution in [0, 0.1) is 0 Å². The van der Waals surface area contributed by atoms with E-state index >= 15 is 0 Å². The fraction of sp³-hybridized carbons (Fsp3) is 0.980. The van der Waals surface area contributed by atoms with Gasteiger partial charge in [0, 0.05) is 6.42 Å². The van der Waals surface area contributed by atoms with Crippen LogP contribution in [0.1, 0.15) is 213 Å². The van der Waals surface area contributed by atoms with Crippen molar-refractivity contribution in [3.8, 4) is 0 Å². The number of aliphatic hydroxyl groups is 8. The van der Waals surface area contributed by atoms with Crippen molar-refractivity contribution in [3.05, 3.63) is 0 Å². The van der Waals surface area contributed by atoms with Crippen LogP contribution < -0.4 is 5.32 Å². The van der Waals surface area contributed by atoms with E-state index in [4.69, 9.17) is 18.9 Å². The fourth-order valence-corrected chi connectivity index (χ4v) is 8.83. The smallest absolute Gasteiger partial charge is 0.220 e. The van der Waals surface area contributed by atoms with Crippen molar-refractivity contribution in [2.75, 3.05) is 19.8 Å². The Hall–Kier alpha value is -1.01. The molecule has 14 nitrogen and oxygen atoms in total. The Labute approximate surface area is 381 Å². The average Bonchev–Trinajstić information content (AvgIpc) is 3.28. The van der Waals surface area contributed by atoms with Gasteiger partial charge in [-0.15, -0.1) is 0 Å². The van der Waals surface area contributed by atoms with Crippen LogP contribution in [-0.4, -0.2) is 140 Å². The first kappa shape index (κ1) is 58.1. The van der Waals surface area contributed by atoms with E-state index in [1.165, 1.54) is 135 Å². The first-order valence-electron chi connectivity index (χ1n) is 25.8. The number of unbranched alkanes of at least 4 members (excludes halogenated alkanes) is 27. The van der Waals surface area contributed by atoms with Crippen LogP contribution in [-0.2, 0) is 23.7 Å². The molecule has 0 aromatic carbocycles. The molecule has 0 saturated carbocycles. The number of hydrogen-bond donors (Lipinski definition) is 9. The lowest BCUT2D eigenvalue weighted by Crippen LogP contribution is -2.65. The van der Waals surface area contributed by atoms with E-state index < -0.39 is 86.8 Å². The molecule has 0 aromatic rings. The van der Waals surface area contributed by atoms with Crippen LogP contribution in [0.15, 0.2) is 0 Å². The lowest BCUT2D eigenvalue weighted by molar-refractivity contribution is -0.359.